The van der Waals surface area contributed by atoms with Crippen molar-refractivity contribution in [1.82, 2.24) is 14.8 Å². The quantitative estimate of drug-likeness (QED) is 0.257. The standard InChI is InChI=1S/C25H21ClN4O3S/c1-16(31)17-5-3-7-20(13-17)27-23(32)15-34-25-29-28-24(18-6-4-8-22(14-18)33-2)30(25)21-11-9-19(26)10-12-21/h3-14H,15H2,1-2H3,(H,27,32). The van der Waals surface area contributed by atoms with Gasteiger partial charge < -0.3 is 10.1 Å². The van der Waals surface area contributed by atoms with Crippen LogP contribution in [0.15, 0.2) is 78.0 Å². The van der Waals surface area contributed by atoms with Crippen molar-refractivity contribution in [3.05, 3.63) is 83.4 Å². The summed E-state index contributed by atoms with van der Waals surface area (Å²) < 4.78 is 7.22. The summed E-state index contributed by atoms with van der Waals surface area (Å²) in [5.41, 5.74) is 2.73. The molecule has 0 radical (unpaired) electrons. The maximum atomic E-state index is 12.6. The van der Waals surface area contributed by atoms with Gasteiger partial charge in [-0.15, -0.1) is 10.2 Å². The highest BCUT2D eigenvalue weighted by Gasteiger charge is 2.18. The van der Waals surface area contributed by atoms with Gasteiger partial charge in [-0.25, -0.2) is 0 Å². The van der Waals surface area contributed by atoms with Crippen molar-refractivity contribution in [2.24, 2.45) is 0 Å². The normalized spacial score (nSPS) is 10.7. The average Bonchev–Trinajstić information content (AvgIpc) is 3.27. The van der Waals surface area contributed by atoms with Crippen LogP contribution < -0.4 is 10.1 Å². The van der Waals surface area contributed by atoms with Crippen LogP contribution >= 0.6 is 23.4 Å². The highest BCUT2D eigenvalue weighted by atomic mass is 35.5. The number of thioether (sulfide) groups is 1. The second-order valence-corrected chi connectivity index (χ2v) is 8.70. The first-order valence-corrected chi connectivity index (χ1v) is 11.7. The number of benzene rings is 3. The minimum atomic E-state index is -0.223. The van der Waals surface area contributed by atoms with E-state index in [-0.39, 0.29) is 17.4 Å². The maximum Gasteiger partial charge on any atom is 0.234 e. The molecule has 7 nitrogen and oxygen atoms in total. The van der Waals surface area contributed by atoms with Gasteiger partial charge in [0, 0.05) is 27.5 Å². The summed E-state index contributed by atoms with van der Waals surface area (Å²) in [4.78, 5) is 24.2. The molecule has 0 saturated carbocycles. The number of halogens is 1. The van der Waals surface area contributed by atoms with Crippen molar-refractivity contribution >= 4 is 40.7 Å². The molecular formula is C25H21ClN4O3S. The molecular weight excluding hydrogens is 472 g/mol. The molecule has 4 aromatic rings. The lowest BCUT2D eigenvalue weighted by atomic mass is 10.1. The zero-order valence-electron chi connectivity index (χ0n) is 18.5. The van der Waals surface area contributed by atoms with Crippen LogP contribution in [0.5, 0.6) is 5.75 Å². The number of methoxy groups -OCH3 is 1. The number of anilines is 1. The number of ketones is 1. The first-order chi connectivity index (χ1) is 16.4. The van der Waals surface area contributed by atoms with Gasteiger partial charge in [-0.3, -0.25) is 14.2 Å². The number of hydrogen-bond donors (Lipinski definition) is 1. The van der Waals surface area contributed by atoms with Gasteiger partial charge in [0.1, 0.15) is 5.75 Å². The maximum absolute atomic E-state index is 12.6. The van der Waals surface area contributed by atoms with Crippen molar-refractivity contribution in [1.29, 1.82) is 0 Å². The van der Waals surface area contributed by atoms with E-state index in [1.54, 1.807) is 43.5 Å². The minimum absolute atomic E-state index is 0.0633. The summed E-state index contributed by atoms with van der Waals surface area (Å²) in [5, 5.41) is 12.7. The molecule has 0 aliphatic carbocycles. The van der Waals surface area contributed by atoms with Gasteiger partial charge in [0.2, 0.25) is 5.91 Å². The van der Waals surface area contributed by atoms with Crippen LogP contribution in [-0.4, -0.2) is 39.3 Å². The van der Waals surface area contributed by atoms with Gasteiger partial charge in [-0.1, -0.05) is 47.6 Å². The molecule has 0 aliphatic heterocycles. The van der Waals surface area contributed by atoms with Crippen molar-refractivity contribution < 1.29 is 14.3 Å². The first-order valence-electron chi connectivity index (χ1n) is 10.3. The lowest BCUT2D eigenvalue weighted by molar-refractivity contribution is -0.113. The molecule has 0 aliphatic rings. The molecule has 0 atom stereocenters. The Balaban J connectivity index is 1.59. The van der Waals surface area contributed by atoms with Crippen LogP contribution in [0.4, 0.5) is 5.69 Å². The second kappa shape index (κ2) is 10.5. The van der Waals surface area contributed by atoms with Gasteiger partial charge in [-0.05, 0) is 55.5 Å². The van der Waals surface area contributed by atoms with Gasteiger partial charge in [0.25, 0.3) is 0 Å². The van der Waals surface area contributed by atoms with Gasteiger partial charge in [-0.2, -0.15) is 0 Å². The molecule has 1 N–H and O–H groups in total. The number of aromatic nitrogens is 3. The third-order valence-corrected chi connectivity index (χ3v) is 6.11. The SMILES string of the molecule is COc1cccc(-c2nnc(SCC(=O)Nc3cccc(C(C)=O)c3)n2-c2ccc(Cl)cc2)c1. The predicted octanol–water partition coefficient (Wildman–Crippen LogP) is 5.53. The number of rotatable bonds is 8. The molecule has 0 fully saturated rings. The third-order valence-electron chi connectivity index (χ3n) is 4.93. The monoisotopic (exact) mass is 492 g/mol. The molecule has 1 heterocycles. The minimum Gasteiger partial charge on any atom is -0.497 e. The zero-order chi connectivity index (χ0) is 24.1. The van der Waals surface area contributed by atoms with Crippen molar-refractivity contribution in [3.8, 4) is 22.8 Å². The van der Waals surface area contributed by atoms with E-state index in [9.17, 15) is 9.59 Å². The Bertz CT molecular complexity index is 1340. The number of ether oxygens (including phenoxy) is 1. The van der Waals surface area contributed by atoms with Crippen LogP contribution in [-0.2, 0) is 4.79 Å². The molecule has 1 amide bonds. The Labute approximate surface area is 206 Å². The number of Topliss-reactive ketones (excluding diaryl/α,β-unsaturated/α-hetero) is 1. The molecule has 0 spiro atoms. The third kappa shape index (κ3) is 5.47. The number of nitrogens with zero attached hydrogens (tertiary/aromatic N) is 3. The Morgan fingerprint density at radius 3 is 2.53 bits per heavy atom. The summed E-state index contributed by atoms with van der Waals surface area (Å²) in [6.07, 6.45) is 0. The van der Waals surface area contributed by atoms with E-state index in [0.717, 1.165) is 11.3 Å². The Morgan fingerprint density at radius 2 is 1.79 bits per heavy atom. The Kier molecular flexibility index (Phi) is 7.30. The molecule has 0 bridgehead atoms. The van der Waals surface area contributed by atoms with Crippen LogP contribution in [0, 0.1) is 0 Å². The molecule has 0 saturated heterocycles. The Morgan fingerprint density at radius 1 is 1.03 bits per heavy atom. The number of nitrogens with one attached hydrogen (secondary N) is 1. The summed E-state index contributed by atoms with van der Waals surface area (Å²) in [6.45, 7) is 1.49. The van der Waals surface area contributed by atoms with Crippen molar-refractivity contribution in [3.63, 3.8) is 0 Å². The van der Waals surface area contributed by atoms with Gasteiger partial charge in [0.05, 0.1) is 12.9 Å². The predicted molar refractivity (Wildman–Crippen MR) is 134 cm³/mol. The summed E-state index contributed by atoms with van der Waals surface area (Å²) in [5.74, 6) is 1.13. The molecule has 34 heavy (non-hydrogen) atoms. The van der Waals surface area contributed by atoms with Crippen molar-refractivity contribution in [2.45, 2.75) is 12.1 Å². The largest absolute Gasteiger partial charge is 0.497 e. The van der Waals surface area contributed by atoms with Crippen molar-refractivity contribution in [2.75, 3.05) is 18.2 Å². The Hall–Kier alpha value is -3.62. The fourth-order valence-corrected chi connectivity index (χ4v) is 4.16. The molecule has 1 aromatic heterocycles. The number of hydrogen-bond acceptors (Lipinski definition) is 6. The highest BCUT2D eigenvalue weighted by molar-refractivity contribution is 7.99. The van der Waals surface area contributed by atoms with E-state index in [0.29, 0.717) is 33.0 Å². The fraction of sp³-hybridized carbons (Fsp3) is 0.120. The van der Waals surface area contributed by atoms with E-state index in [1.165, 1.54) is 18.7 Å². The van der Waals surface area contributed by atoms with Crippen LogP contribution in [0.1, 0.15) is 17.3 Å². The van der Waals surface area contributed by atoms with Crippen LogP contribution in [0.2, 0.25) is 5.02 Å². The summed E-state index contributed by atoms with van der Waals surface area (Å²) in [7, 11) is 1.61. The van der Waals surface area contributed by atoms with E-state index >= 15 is 0 Å². The first kappa shape index (κ1) is 23.5. The lowest BCUT2D eigenvalue weighted by Crippen LogP contribution is -2.15. The van der Waals surface area contributed by atoms with E-state index < -0.39 is 0 Å². The lowest BCUT2D eigenvalue weighted by Gasteiger charge is -2.11. The van der Waals surface area contributed by atoms with E-state index in [1.807, 2.05) is 41.0 Å². The number of amides is 1. The molecule has 9 heteroatoms. The molecule has 172 valence electrons. The second-order valence-electron chi connectivity index (χ2n) is 7.32. The highest BCUT2D eigenvalue weighted by Crippen LogP contribution is 2.30. The van der Waals surface area contributed by atoms with Crippen LogP contribution in [0.3, 0.4) is 0 Å². The summed E-state index contributed by atoms with van der Waals surface area (Å²) in [6, 6.07) is 21.7. The van der Waals surface area contributed by atoms with Crippen LogP contribution in [0.25, 0.3) is 17.1 Å². The molecule has 0 unspecified atom stereocenters. The fourth-order valence-electron chi connectivity index (χ4n) is 3.28. The van der Waals surface area contributed by atoms with E-state index in [4.69, 9.17) is 16.3 Å². The molecule has 4 rings (SSSR count). The molecule has 3 aromatic carbocycles. The smallest absolute Gasteiger partial charge is 0.234 e. The average molecular weight is 493 g/mol. The topological polar surface area (TPSA) is 86.1 Å². The summed E-state index contributed by atoms with van der Waals surface area (Å²) >= 11 is 7.34. The van der Waals surface area contributed by atoms with Gasteiger partial charge in [0.15, 0.2) is 16.8 Å². The number of carbonyl (C=O) groups excluding carboxylic acids is 2. The van der Waals surface area contributed by atoms with Gasteiger partial charge >= 0.3 is 0 Å². The van der Waals surface area contributed by atoms with E-state index in [2.05, 4.69) is 15.5 Å². The number of carbonyl (C=O) groups is 2. The zero-order valence-corrected chi connectivity index (χ0v) is 20.1.